The first-order valence-electron chi connectivity index (χ1n) is 7.81. The van der Waals surface area contributed by atoms with E-state index < -0.39 is 0 Å². The fraction of sp³-hybridized carbons (Fsp3) is 0.562. The number of oxazole rings is 1. The van der Waals surface area contributed by atoms with Crippen LogP contribution in [0, 0.1) is 6.92 Å². The molecule has 0 atom stereocenters. The Bertz CT molecular complexity index is 587. The van der Waals surface area contributed by atoms with Gasteiger partial charge in [-0.25, -0.2) is 0 Å². The number of hydrogen-bond donors (Lipinski definition) is 1. The summed E-state index contributed by atoms with van der Waals surface area (Å²) in [4.78, 5) is 9.37. The van der Waals surface area contributed by atoms with Crippen molar-refractivity contribution >= 4 is 17.1 Å². The van der Waals surface area contributed by atoms with Crippen molar-refractivity contribution in [2.75, 3.05) is 44.2 Å². The van der Waals surface area contributed by atoms with Crippen LogP contribution in [-0.2, 0) is 0 Å². The molecule has 0 unspecified atom stereocenters. The Morgan fingerprint density at radius 1 is 1.19 bits per heavy atom. The maximum Gasteiger partial charge on any atom is 0.298 e. The van der Waals surface area contributed by atoms with Crippen molar-refractivity contribution in [3.8, 4) is 0 Å². The third-order valence-corrected chi connectivity index (χ3v) is 4.10. The van der Waals surface area contributed by atoms with Gasteiger partial charge in [0, 0.05) is 26.2 Å². The molecule has 0 amide bonds. The Labute approximate surface area is 125 Å². The third-order valence-electron chi connectivity index (χ3n) is 4.10. The molecule has 1 saturated heterocycles. The van der Waals surface area contributed by atoms with E-state index in [4.69, 9.17) is 10.2 Å². The Hall–Kier alpha value is -1.59. The molecule has 0 bridgehead atoms. The summed E-state index contributed by atoms with van der Waals surface area (Å²) in [6.07, 6.45) is 2.31. The van der Waals surface area contributed by atoms with Crippen LogP contribution in [0.25, 0.3) is 11.1 Å². The molecule has 0 saturated carbocycles. The van der Waals surface area contributed by atoms with Gasteiger partial charge < -0.3 is 15.1 Å². The summed E-state index contributed by atoms with van der Waals surface area (Å²) in [6, 6.07) is 6.90. The summed E-state index contributed by atoms with van der Waals surface area (Å²) in [5, 5.41) is 0. The van der Waals surface area contributed by atoms with Crippen molar-refractivity contribution < 1.29 is 4.42 Å². The Balaban J connectivity index is 1.60. The first-order valence-corrected chi connectivity index (χ1v) is 7.81. The van der Waals surface area contributed by atoms with Crippen LogP contribution in [0.15, 0.2) is 22.6 Å². The molecule has 2 heterocycles. The number of benzene rings is 1. The van der Waals surface area contributed by atoms with Crippen molar-refractivity contribution in [1.29, 1.82) is 0 Å². The van der Waals surface area contributed by atoms with Gasteiger partial charge in [0.1, 0.15) is 5.52 Å². The van der Waals surface area contributed by atoms with Gasteiger partial charge in [0.25, 0.3) is 6.01 Å². The molecule has 1 aliphatic heterocycles. The van der Waals surface area contributed by atoms with Gasteiger partial charge in [0.05, 0.1) is 0 Å². The van der Waals surface area contributed by atoms with E-state index >= 15 is 0 Å². The molecule has 1 aliphatic rings. The van der Waals surface area contributed by atoms with Crippen molar-refractivity contribution in [2.24, 2.45) is 5.73 Å². The summed E-state index contributed by atoms with van der Waals surface area (Å²) in [7, 11) is 0. The number of piperazine rings is 1. The maximum atomic E-state index is 5.88. The number of unbranched alkanes of at least 4 members (excludes halogenated alkanes) is 1. The Morgan fingerprint density at radius 2 is 2.00 bits per heavy atom. The lowest BCUT2D eigenvalue weighted by Crippen LogP contribution is -2.46. The first kappa shape index (κ1) is 14.4. The predicted molar refractivity (Wildman–Crippen MR) is 85.7 cm³/mol. The summed E-state index contributed by atoms with van der Waals surface area (Å²) >= 11 is 0. The molecule has 114 valence electrons. The highest BCUT2D eigenvalue weighted by atomic mass is 16.4. The van der Waals surface area contributed by atoms with Crippen LogP contribution in [0.1, 0.15) is 18.4 Å². The lowest BCUT2D eigenvalue weighted by molar-refractivity contribution is 0.249. The molecular formula is C16H24N4O. The van der Waals surface area contributed by atoms with Crippen molar-refractivity contribution in [3.63, 3.8) is 0 Å². The average molecular weight is 288 g/mol. The molecule has 0 radical (unpaired) electrons. The second-order valence-corrected chi connectivity index (χ2v) is 5.79. The molecule has 5 nitrogen and oxygen atoms in total. The number of aryl methyl sites for hydroxylation is 1. The minimum absolute atomic E-state index is 0.761. The molecule has 1 aromatic carbocycles. The Morgan fingerprint density at radius 3 is 2.76 bits per heavy atom. The van der Waals surface area contributed by atoms with Crippen LogP contribution < -0.4 is 10.6 Å². The maximum absolute atomic E-state index is 5.88. The van der Waals surface area contributed by atoms with Crippen molar-refractivity contribution in [1.82, 2.24) is 9.88 Å². The topological polar surface area (TPSA) is 58.5 Å². The second-order valence-electron chi connectivity index (χ2n) is 5.79. The largest absolute Gasteiger partial charge is 0.423 e. The standard InChI is InChI=1S/C16H24N4O/c1-13-4-5-15-14(12-13)18-16(21-15)20-10-8-19(9-11-20)7-3-2-6-17/h4-5,12H,2-3,6-11,17H2,1H3. The van der Waals surface area contributed by atoms with Crippen molar-refractivity contribution in [2.45, 2.75) is 19.8 Å². The quantitative estimate of drug-likeness (QED) is 0.853. The van der Waals surface area contributed by atoms with Crippen LogP contribution in [0.3, 0.4) is 0 Å². The van der Waals surface area contributed by atoms with Gasteiger partial charge in [0.2, 0.25) is 0 Å². The van der Waals surface area contributed by atoms with Gasteiger partial charge in [-0.05, 0) is 50.6 Å². The summed E-state index contributed by atoms with van der Waals surface area (Å²) in [5.74, 6) is 0. The van der Waals surface area contributed by atoms with Crippen LogP contribution in [0.2, 0.25) is 0 Å². The van der Waals surface area contributed by atoms with E-state index in [-0.39, 0.29) is 0 Å². The smallest absolute Gasteiger partial charge is 0.298 e. The minimum atomic E-state index is 0.761. The molecule has 0 aliphatic carbocycles. The third kappa shape index (κ3) is 3.36. The molecule has 2 aromatic rings. The fourth-order valence-corrected chi connectivity index (χ4v) is 2.80. The normalized spacial score (nSPS) is 16.8. The molecule has 2 N–H and O–H groups in total. The number of rotatable bonds is 5. The van der Waals surface area contributed by atoms with E-state index in [9.17, 15) is 0 Å². The molecular weight excluding hydrogens is 264 g/mol. The van der Waals surface area contributed by atoms with Gasteiger partial charge >= 0.3 is 0 Å². The molecule has 3 rings (SSSR count). The number of fused-ring (bicyclic) bond motifs is 1. The molecule has 0 spiro atoms. The van der Waals surface area contributed by atoms with E-state index in [2.05, 4.69) is 33.8 Å². The lowest BCUT2D eigenvalue weighted by Gasteiger charge is -2.33. The highest BCUT2D eigenvalue weighted by Crippen LogP contribution is 2.23. The van der Waals surface area contributed by atoms with E-state index in [1.807, 2.05) is 6.07 Å². The average Bonchev–Trinajstić information content (AvgIpc) is 2.91. The second kappa shape index (κ2) is 6.45. The van der Waals surface area contributed by atoms with E-state index in [1.165, 1.54) is 12.0 Å². The lowest BCUT2D eigenvalue weighted by atomic mass is 10.2. The highest BCUT2D eigenvalue weighted by molar-refractivity contribution is 5.75. The summed E-state index contributed by atoms with van der Waals surface area (Å²) in [5.41, 5.74) is 8.59. The van der Waals surface area contributed by atoms with E-state index in [0.717, 1.165) is 62.8 Å². The van der Waals surface area contributed by atoms with Gasteiger partial charge in [-0.2, -0.15) is 4.98 Å². The number of anilines is 1. The molecule has 1 fully saturated rings. The predicted octanol–water partition coefficient (Wildman–Crippen LogP) is 2.00. The van der Waals surface area contributed by atoms with E-state index in [1.54, 1.807) is 0 Å². The van der Waals surface area contributed by atoms with Crippen LogP contribution in [0.5, 0.6) is 0 Å². The Kier molecular flexibility index (Phi) is 4.41. The van der Waals surface area contributed by atoms with Crippen LogP contribution in [-0.4, -0.2) is 49.2 Å². The zero-order valence-electron chi connectivity index (χ0n) is 12.7. The van der Waals surface area contributed by atoms with E-state index in [0.29, 0.717) is 0 Å². The van der Waals surface area contributed by atoms with Gasteiger partial charge in [-0.15, -0.1) is 0 Å². The molecule has 21 heavy (non-hydrogen) atoms. The summed E-state index contributed by atoms with van der Waals surface area (Å²) in [6.45, 7) is 8.13. The van der Waals surface area contributed by atoms with Gasteiger partial charge in [-0.3, -0.25) is 4.90 Å². The minimum Gasteiger partial charge on any atom is -0.423 e. The number of nitrogens with two attached hydrogens (primary N) is 1. The number of aromatic nitrogens is 1. The first-order chi connectivity index (χ1) is 10.3. The van der Waals surface area contributed by atoms with Crippen LogP contribution in [0.4, 0.5) is 6.01 Å². The fourth-order valence-electron chi connectivity index (χ4n) is 2.80. The monoisotopic (exact) mass is 288 g/mol. The molecule has 5 heteroatoms. The SMILES string of the molecule is Cc1ccc2oc(N3CCN(CCCCN)CC3)nc2c1. The number of nitrogens with zero attached hydrogens (tertiary/aromatic N) is 3. The van der Waals surface area contributed by atoms with Gasteiger partial charge in [0.15, 0.2) is 5.58 Å². The molecule has 1 aromatic heterocycles. The zero-order chi connectivity index (χ0) is 14.7. The highest BCUT2D eigenvalue weighted by Gasteiger charge is 2.20. The van der Waals surface area contributed by atoms with Crippen molar-refractivity contribution in [3.05, 3.63) is 23.8 Å². The van der Waals surface area contributed by atoms with Gasteiger partial charge in [-0.1, -0.05) is 6.07 Å². The zero-order valence-corrected chi connectivity index (χ0v) is 12.7. The number of hydrogen-bond acceptors (Lipinski definition) is 5. The van der Waals surface area contributed by atoms with Crippen LogP contribution >= 0.6 is 0 Å². The summed E-state index contributed by atoms with van der Waals surface area (Å²) < 4.78 is 5.88.